The zero-order valence-corrected chi connectivity index (χ0v) is 11.5. The first kappa shape index (κ1) is 15.1. The molecule has 102 valence electrons. The molecule has 3 heteroatoms. The van der Waals surface area contributed by atoms with Gasteiger partial charge in [-0.15, -0.1) is 0 Å². The minimum atomic E-state index is -2.93. The van der Waals surface area contributed by atoms with Crippen molar-refractivity contribution in [3.05, 3.63) is 34.9 Å². The summed E-state index contributed by atoms with van der Waals surface area (Å²) in [6.45, 7) is 5.97. The van der Waals surface area contributed by atoms with Gasteiger partial charge in [0.1, 0.15) is 5.67 Å². The summed E-state index contributed by atoms with van der Waals surface area (Å²) >= 11 is 0. The summed E-state index contributed by atoms with van der Waals surface area (Å²) in [5, 5.41) is 0. The van der Waals surface area contributed by atoms with Crippen molar-refractivity contribution in [2.45, 2.75) is 58.5 Å². The molecule has 1 aromatic rings. The van der Waals surface area contributed by atoms with Gasteiger partial charge in [0.25, 0.3) is 5.92 Å². The largest absolute Gasteiger partial charge is 0.270 e. The van der Waals surface area contributed by atoms with Gasteiger partial charge in [0, 0.05) is 18.9 Å². The van der Waals surface area contributed by atoms with Gasteiger partial charge in [-0.05, 0) is 30.9 Å². The molecule has 0 aliphatic carbocycles. The minimum Gasteiger partial charge on any atom is -0.244 e. The lowest BCUT2D eigenvalue weighted by molar-refractivity contribution is 0.0157. The molecule has 0 aromatic heterocycles. The second-order valence-corrected chi connectivity index (χ2v) is 5.13. The monoisotopic (exact) mass is 258 g/mol. The molecule has 0 aliphatic heterocycles. The Hall–Kier alpha value is -0.990. The van der Waals surface area contributed by atoms with Gasteiger partial charge in [-0.3, -0.25) is 0 Å². The zero-order valence-electron chi connectivity index (χ0n) is 11.5. The third kappa shape index (κ3) is 3.50. The van der Waals surface area contributed by atoms with E-state index >= 15 is 0 Å². The summed E-state index contributed by atoms with van der Waals surface area (Å²) in [4.78, 5) is 0. The Kier molecular flexibility index (Phi) is 4.46. The normalized spacial score (nSPS) is 15.5. The summed E-state index contributed by atoms with van der Waals surface area (Å²) in [5.41, 5.74) is -0.199. The molecule has 0 amide bonds. The average Bonchev–Trinajstić information content (AvgIpc) is 2.27. The second kappa shape index (κ2) is 5.33. The fourth-order valence-electron chi connectivity index (χ4n) is 2.08. The van der Waals surface area contributed by atoms with Crippen LogP contribution in [0.2, 0.25) is 0 Å². The lowest BCUT2D eigenvalue weighted by Crippen LogP contribution is -2.24. The summed E-state index contributed by atoms with van der Waals surface area (Å²) < 4.78 is 41.3. The fourth-order valence-corrected chi connectivity index (χ4v) is 2.08. The summed E-state index contributed by atoms with van der Waals surface area (Å²) in [6, 6.07) is 4.83. The van der Waals surface area contributed by atoms with Crippen LogP contribution in [-0.2, 0) is 18.8 Å². The van der Waals surface area contributed by atoms with Gasteiger partial charge in [0.05, 0.1) is 0 Å². The molecule has 0 aliphatic rings. The number of hydrogen-bond donors (Lipinski definition) is 0. The van der Waals surface area contributed by atoms with Crippen LogP contribution in [-0.4, -0.2) is 5.67 Å². The number of benzene rings is 1. The van der Waals surface area contributed by atoms with Crippen LogP contribution < -0.4 is 0 Å². The van der Waals surface area contributed by atoms with Crippen molar-refractivity contribution < 1.29 is 13.2 Å². The average molecular weight is 258 g/mol. The zero-order chi connectivity index (χ0) is 14.0. The summed E-state index contributed by atoms with van der Waals surface area (Å²) in [7, 11) is 0. The van der Waals surface area contributed by atoms with Crippen LogP contribution in [0.1, 0.15) is 50.8 Å². The minimum absolute atomic E-state index is 0.0424. The molecule has 1 aromatic carbocycles. The molecular formula is C15H21F3. The highest BCUT2D eigenvalue weighted by molar-refractivity contribution is 5.39. The van der Waals surface area contributed by atoms with Crippen molar-refractivity contribution >= 4 is 0 Å². The maximum Gasteiger partial charge on any atom is 0.270 e. The number of alkyl halides is 3. The predicted octanol–water partition coefficient (Wildman–Crippen LogP) is 5.04. The third-order valence-electron chi connectivity index (χ3n) is 3.41. The lowest BCUT2D eigenvalue weighted by atomic mass is 9.87. The third-order valence-corrected chi connectivity index (χ3v) is 3.41. The van der Waals surface area contributed by atoms with E-state index in [9.17, 15) is 13.2 Å². The van der Waals surface area contributed by atoms with Crippen LogP contribution in [0.25, 0.3) is 0 Å². The van der Waals surface area contributed by atoms with Crippen molar-refractivity contribution in [1.29, 1.82) is 0 Å². The molecule has 0 N–H and O–H groups in total. The molecule has 0 heterocycles. The first-order valence-electron chi connectivity index (χ1n) is 6.39. The summed E-state index contributed by atoms with van der Waals surface area (Å²) in [6.07, 6.45) is 1.01. The van der Waals surface area contributed by atoms with E-state index in [-0.39, 0.29) is 12.0 Å². The van der Waals surface area contributed by atoms with Gasteiger partial charge in [-0.25, -0.2) is 13.2 Å². The fraction of sp³-hybridized carbons (Fsp3) is 0.600. The van der Waals surface area contributed by atoms with Crippen molar-refractivity contribution in [2.24, 2.45) is 0 Å². The topological polar surface area (TPSA) is 0 Å². The van der Waals surface area contributed by atoms with Crippen LogP contribution in [0, 0.1) is 0 Å². The Bertz CT molecular complexity index is 403. The van der Waals surface area contributed by atoms with Gasteiger partial charge in [-0.2, -0.15) is 0 Å². The molecule has 1 rings (SSSR count). The van der Waals surface area contributed by atoms with Crippen molar-refractivity contribution in [2.75, 3.05) is 0 Å². The van der Waals surface area contributed by atoms with Crippen molar-refractivity contribution in [3.8, 4) is 0 Å². The van der Waals surface area contributed by atoms with Gasteiger partial charge in [0.2, 0.25) is 0 Å². The number of halogens is 3. The van der Waals surface area contributed by atoms with Crippen molar-refractivity contribution in [3.63, 3.8) is 0 Å². The molecule has 0 bridgehead atoms. The Morgan fingerprint density at radius 3 is 2.11 bits per heavy atom. The van der Waals surface area contributed by atoms with Crippen LogP contribution in [0.15, 0.2) is 18.2 Å². The van der Waals surface area contributed by atoms with E-state index in [1.807, 2.05) is 6.92 Å². The molecule has 0 fully saturated rings. The standard InChI is InChI=1S/C15H21F3/c1-5-11-8-7-9-13(15(4,17)18)12(11)10-14(3,16)6-2/h7-9H,5-6,10H2,1-4H3. The number of aryl methyl sites for hydroxylation is 1. The lowest BCUT2D eigenvalue weighted by Gasteiger charge is -2.24. The highest BCUT2D eigenvalue weighted by atomic mass is 19.3. The molecule has 1 unspecified atom stereocenters. The summed E-state index contributed by atoms with van der Waals surface area (Å²) in [5.74, 6) is -2.93. The first-order valence-corrected chi connectivity index (χ1v) is 6.39. The Morgan fingerprint density at radius 2 is 1.67 bits per heavy atom. The quantitative estimate of drug-likeness (QED) is 0.694. The Balaban J connectivity index is 3.29. The van der Waals surface area contributed by atoms with Crippen molar-refractivity contribution in [1.82, 2.24) is 0 Å². The maximum atomic E-state index is 14.1. The smallest absolute Gasteiger partial charge is 0.244 e. The van der Waals surface area contributed by atoms with E-state index in [0.29, 0.717) is 18.4 Å². The van der Waals surface area contributed by atoms with E-state index in [4.69, 9.17) is 0 Å². The molecule has 0 spiro atoms. The maximum absolute atomic E-state index is 14.1. The van der Waals surface area contributed by atoms with Crippen LogP contribution in [0.3, 0.4) is 0 Å². The second-order valence-electron chi connectivity index (χ2n) is 5.13. The Morgan fingerprint density at radius 1 is 1.06 bits per heavy atom. The molecule has 0 nitrogen and oxygen atoms in total. The molecule has 0 radical (unpaired) electrons. The molecule has 18 heavy (non-hydrogen) atoms. The number of hydrogen-bond acceptors (Lipinski definition) is 0. The van der Waals surface area contributed by atoms with Gasteiger partial charge in [0.15, 0.2) is 0 Å². The molecule has 1 atom stereocenters. The van der Waals surface area contributed by atoms with E-state index in [2.05, 4.69) is 0 Å². The van der Waals surface area contributed by atoms with Crippen LogP contribution >= 0.6 is 0 Å². The number of rotatable bonds is 5. The molecule has 0 saturated heterocycles. The van der Waals surface area contributed by atoms with Gasteiger partial charge in [-0.1, -0.05) is 32.0 Å². The molecule has 0 saturated carbocycles. The van der Waals surface area contributed by atoms with E-state index in [1.165, 1.54) is 13.0 Å². The van der Waals surface area contributed by atoms with E-state index < -0.39 is 11.6 Å². The Labute approximate surface area is 107 Å². The van der Waals surface area contributed by atoms with Gasteiger partial charge < -0.3 is 0 Å². The highest BCUT2D eigenvalue weighted by Gasteiger charge is 2.32. The molecular weight excluding hydrogens is 237 g/mol. The van der Waals surface area contributed by atoms with E-state index in [0.717, 1.165) is 12.5 Å². The first-order chi connectivity index (χ1) is 8.21. The predicted molar refractivity (Wildman–Crippen MR) is 68.9 cm³/mol. The van der Waals surface area contributed by atoms with Crippen LogP contribution in [0.4, 0.5) is 13.2 Å². The van der Waals surface area contributed by atoms with Crippen LogP contribution in [0.5, 0.6) is 0 Å². The SMILES string of the molecule is CCc1cccc(C(C)(F)F)c1CC(C)(F)CC. The van der Waals surface area contributed by atoms with Gasteiger partial charge >= 0.3 is 0 Å². The highest BCUT2D eigenvalue weighted by Crippen LogP contribution is 2.35. The van der Waals surface area contributed by atoms with E-state index in [1.54, 1.807) is 19.1 Å².